The number of hydrogen-bond donors (Lipinski definition) is 2. The highest BCUT2D eigenvalue weighted by atomic mass is 35.5. The SMILES string of the molecule is CCCCC(CC)CC(NN)c1ncccc1Cl. The predicted molar refractivity (Wildman–Crippen MR) is 77.2 cm³/mol. The third kappa shape index (κ3) is 4.56. The van der Waals surface area contributed by atoms with E-state index in [9.17, 15) is 0 Å². The van der Waals surface area contributed by atoms with Crippen LogP contribution in [0.25, 0.3) is 0 Å². The van der Waals surface area contributed by atoms with E-state index in [1.807, 2.05) is 12.1 Å². The van der Waals surface area contributed by atoms with Crippen LogP contribution < -0.4 is 11.3 Å². The fourth-order valence-corrected chi connectivity index (χ4v) is 2.48. The Morgan fingerprint density at radius 2 is 2.22 bits per heavy atom. The van der Waals surface area contributed by atoms with Gasteiger partial charge in [-0.15, -0.1) is 0 Å². The highest BCUT2D eigenvalue weighted by Crippen LogP contribution is 2.28. The Labute approximate surface area is 115 Å². The van der Waals surface area contributed by atoms with Gasteiger partial charge in [-0.1, -0.05) is 51.1 Å². The lowest BCUT2D eigenvalue weighted by Crippen LogP contribution is -2.30. The van der Waals surface area contributed by atoms with Gasteiger partial charge in [0.1, 0.15) is 0 Å². The summed E-state index contributed by atoms with van der Waals surface area (Å²) < 4.78 is 0. The summed E-state index contributed by atoms with van der Waals surface area (Å²) in [6, 6.07) is 3.75. The van der Waals surface area contributed by atoms with Gasteiger partial charge in [0.15, 0.2) is 0 Å². The summed E-state index contributed by atoms with van der Waals surface area (Å²) >= 11 is 6.17. The molecule has 0 saturated carbocycles. The van der Waals surface area contributed by atoms with E-state index in [-0.39, 0.29) is 6.04 Å². The maximum atomic E-state index is 6.17. The van der Waals surface area contributed by atoms with Gasteiger partial charge in [0.25, 0.3) is 0 Å². The van der Waals surface area contributed by atoms with Crippen LogP contribution in [0.1, 0.15) is 57.7 Å². The highest BCUT2D eigenvalue weighted by Gasteiger charge is 2.18. The standard InChI is InChI=1S/C14H24ClN3/c1-3-5-7-11(4-2)10-13(18-16)14-12(15)8-6-9-17-14/h6,8-9,11,13,18H,3-5,7,10,16H2,1-2H3. The molecule has 0 radical (unpaired) electrons. The van der Waals surface area contributed by atoms with Crippen molar-refractivity contribution in [2.45, 2.75) is 52.0 Å². The normalized spacial score (nSPS) is 14.4. The largest absolute Gasteiger partial charge is 0.271 e. The molecule has 0 aromatic carbocycles. The lowest BCUT2D eigenvalue weighted by Gasteiger charge is -2.22. The Hall–Kier alpha value is -0.640. The van der Waals surface area contributed by atoms with E-state index in [1.165, 1.54) is 25.7 Å². The average Bonchev–Trinajstić information content (AvgIpc) is 2.40. The number of hydrogen-bond acceptors (Lipinski definition) is 3. The Bertz CT molecular complexity index is 344. The summed E-state index contributed by atoms with van der Waals surface area (Å²) in [6.07, 6.45) is 7.67. The van der Waals surface area contributed by atoms with Gasteiger partial charge in [0.2, 0.25) is 0 Å². The molecule has 0 spiro atoms. The number of nitrogens with one attached hydrogen (secondary N) is 1. The van der Waals surface area contributed by atoms with Crippen LogP contribution in [0.4, 0.5) is 0 Å². The molecule has 1 aromatic rings. The van der Waals surface area contributed by atoms with Gasteiger partial charge >= 0.3 is 0 Å². The Morgan fingerprint density at radius 3 is 2.78 bits per heavy atom. The van der Waals surface area contributed by atoms with Crippen molar-refractivity contribution in [2.75, 3.05) is 0 Å². The van der Waals surface area contributed by atoms with Gasteiger partial charge in [-0.05, 0) is 24.5 Å². The van der Waals surface area contributed by atoms with Crippen molar-refractivity contribution in [3.63, 3.8) is 0 Å². The molecule has 3 N–H and O–H groups in total. The molecule has 1 heterocycles. The molecule has 1 aromatic heterocycles. The molecular weight excluding hydrogens is 246 g/mol. The summed E-state index contributed by atoms with van der Waals surface area (Å²) in [5.41, 5.74) is 3.71. The summed E-state index contributed by atoms with van der Waals surface area (Å²) in [5.74, 6) is 6.33. The van der Waals surface area contributed by atoms with Gasteiger partial charge in [0, 0.05) is 6.20 Å². The van der Waals surface area contributed by atoms with E-state index in [1.54, 1.807) is 6.20 Å². The molecule has 0 bridgehead atoms. The smallest absolute Gasteiger partial charge is 0.0772 e. The van der Waals surface area contributed by atoms with Gasteiger partial charge in [-0.25, -0.2) is 0 Å². The van der Waals surface area contributed by atoms with Crippen LogP contribution in [0.3, 0.4) is 0 Å². The van der Waals surface area contributed by atoms with Crippen molar-refractivity contribution in [3.8, 4) is 0 Å². The molecule has 2 atom stereocenters. The van der Waals surface area contributed by atoms with E-state index in [2.05, 4.69) is 24.3 Å². The lowest BCUT2D eigenvalue weighted by molar-refractivity contribution is 0.352. The zero-order chi connectivity index (χ0) is 13.4. The van der Waals surface area contributed by atoms with Gasteiger partial charge in [-0.2, -0.15) is 0 Å². The minimum atomic E-state index is 0.0421. The second kappa shape index (κ2) is 8.46. The first kappa shape index (κ1) is 15.4. The first-order valence-corrected chi connectivity index (χ1v) is 7.17. The van der Waals surface area contributed by atoms with Crippen LogP contribution in [0.5, 0.6) is 0 Å². The Kier molecular flexibility index (Phi) is 7.25. The lowest BCUT2D eigenvalue weighted by atomic mass is 9.91. The summed E-state index contributed by atoms with van der Waals surface area (Å²) in [5, 5.41) is 0.686. The number of aromatic nitrogens is 1. The predicted octanol–water partition coefficient (Wildman–Crippen LogP) is 3.85. The molecule has 0 fully saturated rings. The summed E-state index contributed by atoms with van der Waals surface area (Å²) in [7, 11) is 0. The van der Waals surface area contributed by atoms with Crippen LogP contribution in [-0.2, 0) is 0 Å². The summed E-state index contributed by atoms with van der Waals surface area (Å²) in [4.78, 5) is 4.34. The maximum Gasteiger partial charge on any atom is 0.0772 e. The first-order chi connectivity index (χ1) is 8.72. The average molecular weight is 270 g/mol. The van der Waals surface area contributed by atoms with Crippen molar-refractivity contribution in [3.05, 3.63) is 29.0 Å². The molecule has 0 aliphatic heterocycles. The van der Waals surface area contributed by atoms with Crippen molar-refractivity contribution in [2.24, 2.45) is 11.8 Å². The fourth-order valence-electron chi connectivity index (χ4n) is 2.23. The maximum absolute atomic E-state index is 6.17. The third-order valence-corrected chi connectivity index (χ3v) is 3.75. The number of halogens is 1. The van der Waals surface area contributed by atoms with Gasteiger partial charge in [0.05, 0.1) is 16.8 Å². The van der Waals surface area contributed by atoms with Crippen LogP contribution in [0.2, 0.25) is 5.02 Å². The quantitative estimate of drug-likeness (QED) is 0.557. The summed E-state index contributed by atoms with van der Waals surface area (Å²) in [6.45, 7) is 4.45. The third-order valence-electron chi connectivity index (χ3n) is 3.43. The van der Waals surface area contributed by atoms with Gasteiger partial charge < -0.3 is 0 Å². The number of unbranched alkanes of at least 4 members (excludes halogenated alkanes) is 1. The molecule has 0 saturated heterocycles. The fraction of sp³-hybridized carbons (Fsp3) is 0.643. The number of nitrogens with two attached hydrogens (primary N) is 1. The van der Waals surface area contributed by atoms with E-state index < -0.39 is 0 Å². The molecule has 0 aliphatic carbocycles. The number of hydrazine groups is 1. The van der Waals surface area contributed by atoms with E-state index in [0.717, 1.165) is 12.1 Å². The zero-order valence-corrected chi connectivity index (χ0v) is 12.1. The van der Waals surface area contributed by atoms with Crippen LogP contribution in [-0.4, -0.2) is 4.98 Å². The highest BCUT2D eigenvalue weighted by molar-refractivity contribution is 6.31. The molecule has 1 rings (SSSR count). The topological polar surface area (TPSA) is 50.9 Å². The zero-order valence-electron chi connectivity index (χ0n) is 11.3. The molecule has 0 aliphatic rings. The van der Waals surface area contributed by atoms with E-state index >= 15 is 0 Å². The van der Waals surface area contributed by atoms with Crippen LogP contribution >= 0.6 is 11.6 Å². The van der Waals surface area contributed by atoms with Crippen molar-refractivity contribution < 1.29 is 0 Å². The molecular formula is C14H24ClN3. The van der Waals surface area contributed by atoms with Crippen molar-refractivity contribution >= 4 is 11.6 Å². The monoisotopic (exact) mass is 269 g/mol. The second-order valence-corrected chi connectivity index (χ2v) is 5.15. The first-order valence-electron chi connectivity index (χ1n) is 6.79. The number of pyridine rings is 1. The van der Waals surface area contributed by atoms with E-state index in [4.69, 9.17) is 17.4 Å². The second-order valence-electron chi connectivity index (χ2n) is 4.74. The molecule has 0 amide bonds. The van der Waals surface area contributed by atoms with Crippen molar-refractivity contribution in [1.82, 2.24) is 10.4 Å². The molecule has 102 valence electrons. The molecule has 3 nitrogen and oxygen atoms in total. The molecule has 18 heavy (non-hydrogen) atoms. The molecule has 2 unspecified atom stereocenters. The van der Waals surface area contributed by atoms with Crippen LogP contribution in [0, 0.1) is 5.92 Å². The Morgan fingerprint density at radius 1 is 1.44 bits per heavy atom. The number of nitrogens with zero attached hydrogens (tertiary/aromatic N) is 1. The minimum absolute atomic E-state index is 0.0421. The van der Waals surface area contributed by atoms with Gasteiger partial charge in [-0.3, -0.25) is 16.3 Å². The minimum Gasteiger partial charge on any atom is -0.271 e. The number of rotatable bonds is 8. The Balaban J connectivity index is 2.68. The van der Waals surface area contributed by atoms with Crippen molar-refractivity contribution in [1.29, 1.82) is 0 Å². The van der Waals surface area contributed by atoms with E-state index in [0.29, 0.717) is 10.9 Å². The van der Waals surface area contributed by atoms with Crippen LogP contribution in [0.15, 0.2) is 18.3 Å². The molecule has 4 heteroatoms.